The van der Waals surface area contributed by atoms with Crippen LogP contribution in [0.2, 0.25) is 0 Å². The molecule has 0 aliphatic rings. The fourth-order valence-electron chi connectivity index (χ4n) is 2.54. The van der Waals surface area contributed by atoms with E-state index >= 15 is 0 Å². The Bertz CT molecular complexity index is 839. The van der Waals surface area contributed by atoms with Gasteiger partial charge < -0.3 is 19.9 Å². The predicted molar refractivity (Wildman–Crippen MR) is 87.1 cm³/mol. The molecule has 1 aromatic carbocycles. The minimum atomic E-state index is -1.11. The van der Waals surface area contributed by atoms with Gasteiger partial charge in [-0.2, -0.15) is 0 Å². The Labute approximate surface area is 137 Å². The molecule has 3 N–H and O–H groups in total. The van der Waals surface area contributed by atoms with Crippen LogP contribution in [0.5, 0.6) is 5.75 Å². The van der Waals surface area contributed by atoms with E-state index in [4.69, 9.17) is 9.52 Å². The summed E-state index contributed by atoms with van der Waals surface area (Å²) in [5.74, 6) is -1.69. The van der Waals surface area contributed by atoms with E-state index in [9.17, 15) is 19.5 Å². The number of carboxylic acids is 1. The van der Waals surface area contributed by atoms with Gasteiger partial charge in [-0.1, -0.05) is 13.3 Å². The summed E-state index contributed by atoms with van der Waals surface area (Å²) in [4.78, 5) is 35.3. The van der Waals surface area contributed by atoms with E-state index in [-0.39, 0.29) is 23.3 Å². The number of amides is 1. The van der Waals surface area contributed by atoms with E-state index in [1.54, 1.807) is 13.0 Å². The van der Waals surface area contributed by atoms with Gasteiger partial charge in [0.15, 0.2) is 0 Å². The van der Waals surface area contributed by atoms with Crippen molar-refractivity contribution in [3.63, 3.8) is 0 Å². The van der Waals surface area contributed by atoms with Crippen molar-refractivity contribution in [1.82, 2.24) is 5.32 Å². The van der Waals surface area contributed by atoms with E-state index in [0.29, 0.717) is 23.8 Å². The van der Waals surface area contributed by atoms with Crippen LogP contribution >= 0.6 is 0 Å². The van der Waals surface area contributed by atoms with E-state index in [1.165, 1.54) is 12.1 Å². The molecule has 0 radical (unpaired) electrons. The van der Waals surface area contributed by atoms with Gasteiger partial charge in [0.25, 0.3) is 0 Å². The molecule has 7 heteroatoms. The van der Waals surface area contributed by atoms with Crippen molar-refractivity contribution in [2.75, 3.05) is 0 Å². The topological polar surface area (TPSA) is 117 Å². The number of phenols is 1. The first-order valence-electron chi connectivity index (χ1n) is 7.61. The van der Waals surface area contributed by atoms with Crippen LogP contribution in [-0.2, 0) is 16.0 Å². The Morgan fingerprint density at radius 3 is 2.67 bits per heavy atom. The Morgan fingerprint density at radius 2 is 2.04 bits per heavy atom. The van der Waals surface area contributed by atoms with Gasteiger partial charge in [-0.15, -0.1) is 0 Å². The van der Waals surface area contributed by atoms with Crippen molar-refractivity contribution in [1.29, 1.82) is 0 Å². The third kappa shape index (κ3) is 3.73. The summed E-state index contributed by atoms with van der Waals surface area (Å²) in [6.07, 6.45) is 0.655. The van der Waals surface area contributed by atoms with Gasteiger partial charge in [-0.05, 0) is 31.0 Å². The zero-order valence-corrected chi connectivity index (χ0v) is 13.5. The smallest absolute Gasteiger partial charge is 0.340 e. The van der Waals surface area contributed by atoms with Crippen molar-refractivity contribution >= 4 is 22.8 Å². The molecule has 2 aromatic rings. The van der Waals surface area contributed by atoms with E-state index in [1.807, 2.05) is 6.92 Å². The number of carboxylic acid groups (broad SMARTS) is 1. The molecule has 1 atom stereocenters. The zero-order chi connectivity index (χ0) is 17.9. The molecule has 1 aromatic heterocycles. The lowest BCUT2D eigenvalue weighted by atomic mass is 10.0. The number of hydrogen-bond acceptors (Lipinski definition) is 5. The molecular formula is C17H19NO6. The number of nitrogens with one attached hydrogen (secondary N) is 1. The summed E-state index contributed by atoms with van der Waals surface area (Å²) >= 11 is 0. The summed E-state index contributed by atoms with van der Waals surface area (Å²) in [6.45, 7) is 3.50. The lowest BCUT2D eigenvalue weighted by Crippen LogP contribution is -2.41. The summed E-state index contributed by atoms with van der Waals surface area (Å²) in [6, 6.07) is 3.41. The van der Waals surface area contributed by atoms with E-state index in [0.717, 1.165) is 0 Å². The first kappa shape index (κ1) is 17.5. The molecule has 24 heavy (non-hydrogen) atoms. The minimum absolute atomic E-state index is 0.0283. The molecule has 0 aliphatic heterocycles. The number of rotatable bonds is 6. The molecule has 2 rings (SSSR count). The van der Waals surface area contributed by atoms with Gasteiger partial charge in [-0.3, -0.25) is 4.79 Å². The third-order valence-electron chi connectivity index (χ3n) is 3.82. The van der Waals surface area contributed by atoms with Crippen LogP contribution in [0.15, 0.2) is 27.4 Å². The van der Waals surface area contributed by atoms with Crippen molar-refractivity contribution in [3.05, 3.63) is 39.7 Å². The third-order valence-corrected chi connectivity index (χ3v) is 3.82. The molecule has 7 nitrogen and oxygen atoms in total. The molecule has 0 saturated carbocycles. The molecule has 0 aliphatic carbocycles. The van der Waals surface area contributed by atoms with Crippen LogP contribution in [0, 0.1) is 6.92 Å². The van der Waals surface area contributed by atoms with Crippen molar-refractivity contribution in [2.45, 2.75) is 39.2 Å². The van der Waals surface area contributed by atoms with Gasteiger partial charge in [-0.25, -0.2) is 9.59 Å². The first-order chi connectivity index (χ1) is 11.3. The highest BCUT2D eigenvalue weighted by Gasteiger charge is 2.21. The van der Waals surface area contributed by atoms with E-state index < -0.39 is 23.5 Å². The largest absolute Gasteiger partial charge is 0.508 e. The molecule has 128 valence electrons. The van der Waals surface area contributed by atoms with Crippen LogP contribution < -0.4 is 10.9 Å². The van der Waals surface area contributed by atoms with Crippen LogP contribution in [0.4, 0.5) is 0 Å². The average Bonchev–Trinajstić information content (AvgIpc) is 2.50. The Kier molecular flexibility index (Phi) is 5.23. The van der Waals surface area contributed by atoms with Crippen molar-refractivity contribution in [2.24, 2.45) is 0 Å². The predicted octanol–water partition coefficient (Wildman–Crippen LogP) is 1.72. The van der Waals surface area contributed by atoms with Crippen LogP contribution in [0.3, 0.4) is 0 Å². The fourth-order valence-corrected chi connectivity index (χ4v) is 2.54. The Hall–Kier alpha value is -2.83. The first-order valence-corrected chi connectivity index (χ1v) is 7.61. The average molecular weight is 333 g/mol. The van der Waals surface area contributed by atoms with Gasteiger partial charge >= 0.3 is 11.6 Å². The Balaban J connectivity index is 2.29. The summed E-state index contributed by atoms with van der Waals surface area (Å²) in [7, 11) is 0. The zero-order valence-electron chi connectivity index (χ0n) is 13.5. The lowest BCUT2D eigenvalue weighted by molar-refractivity contribution is -0.141. The number of aromatic hydroxyl groups is 1. The minimum Gasteiger partial charge on any atom is -0.508 e. The summed E-state index contributed by atoms with van der Waals surface area (Å²) < 4.78 is 5.14. The number of phenolic OH excluding ortho intramolecular Hbond substituents is 1. The number of hydrogen-bond donors (Lipinski definition) is 3. The van der Waals surface area contributed by atoms with Gasteiger partial charge in [0.1, 0.15) is 17.4 Å². The molecule has 0 fully saturated rings. The number of carbonyl (C=O) groups excluding carboxylic acids is 1. The maximum Gasteiger partial charge on any atom is 0.340 e. The molecule has 1 unspecified atom stereocenters. The van der Waals surface area contributed by atoms with Gasteiger partial charge in [0.05, 0.1) is 12.0 Å². The van der Waals surface area contributed by atoms with Crippen LogP contribution in [-0.4, -0.2) is 28.1 Å². The highest BCUT2D eigenvalue weighted by Crippen LogP contribution is 2.23. The normalized spacial score (nSPS) is 12.1. The number of carbonyl (C=O) groups is 2. The standard InChI is InChI=1S/C17H19NO6/c1-3-4-13(16(21)22)18-15(20)8-12-9(2)11-6-5-10(19)7-14(11)24-17(12)23/h5-7,13,19H,3-4,8H2,1-2H3,(H,18,20)(H,21,22). The van der Waals surface area contributed by atoms with E-state index in [2.05, 4.69) is 5.32 Å². The number of fused-ring (bicyclic) bond motifs is 1. The quantitative estimate of drug-likeness (QED) is 0.693. The molecule has 0 spiro atoms. The van der Waals surface area contributed by atoms with Gasteiger partial charge in [0, 0.05) is 11.5 Å². The number of aryl methyl sites for hydroxylation is 1. The Morgan fingerprint density at radius 1 is 1.33 bits per heavy atom. The molecular weight excluding hydrogens is 314 g/mol. The van der Waals surface area contributed by atoms with Crippen LogP contribution in [0.25, 0.3) is 11.0 Å². The number of benzene rings is 1. The highest BCUT2D eigenvalue weighted by molar-refractivity contribution is 5.87. The van der Waals surface area contributed by atoms with Crippen molar-refractivity contribution in [3.8, 4) is 5.75 Å². The maximum absolute atomic E-state index is 12.1. The van der Waals surface area contributed by atoms with Crippen LogP contribution in [0.1, 0.15) is 30.9 Å². The summed E-state index contributed by atoms with van der Waals surface area (Å²) in [5.41, 5.74) is 0.296. The maximum atomic E-state index is 12.1. The molecule has 0 saturated heterocycles. The second-order valence-corrected chi connectivity index (χ2v) is 5.60. The lowest BCUT2D eigenvalue weighted by Gasteiger charge is -2.14. The molecule has 0 bridgehead atoms. The second-order valence-electron chi connectivity index (χ2n) is 5.60. The second kappa shape index (κ2) is 7.16. The monoisotopic (exact) mass is 333 g/mol. The summed E-state index contributed by atoms with van der Waals surface area (Å²) in [5, 5.41) is 21.6. The van der Waals surface area contributed by atoms with Gasteiger partial charge in [0.2, 0.25) is 5.91 Å². The van der Waals surface area contributed by atoms with Crippen molar-refractivity contribution < 1.29 is 24.2 Å². The fraction of sp³-hybridized carbons (Fsp3) is 0.353. The molecule has 1 amide bonds. The number of aliphatic carboxylic acids is 1. The SMILES string of the molecule is CCCC(NC(=O)Cc1c(C)c2ccc(O)cc2oc1=O)C(=O)O. The molecule has 1 heterocycles. The highest BCUT2D eigenvalue weighted by atomic mass is 16.4.